The normalized spacial score (nSPS) is 9.65. The van der Waals surface area contributed by atoms with Gasteiger partial charge in [-0.25, -0.2) is 0 Å². The van der Waals surface area contributed by atoms with Crippen LogP contribution >= 0.6 is 0 Å². The monoisotopic (exact) mass is 227 g/mol. The molecule has 84 valence electrons. The van der Waals surface area contributed by atoms with E-state index in [4.69, 9.17) is 0 Å². The van der Waals surface area contributed by atoms with Crippen LogP contribution in [-0.2, 0) is 0 Å². The Labute approximate surface area is 97.5 Å². The van der Waals surface area contributed by atoms with Crippen LogP contribution < -0.4 is 5.32 Å². The van der Waals surface area contributed by atoms with Crippen LogP contribution in [0.4, 0.5) is 0 Å². The lowest BCUT2D eigenvalue weighted by Crippen LogP contribution is -2.31. The number of carbonyl (C=O) groups excluding carboxylic acids is 2. The van der Waals surface area contributed by atoms with Crippen molar-refractivity contribution in [3.63, 3.8) is 0 Å². The molecule has 0 aliphatic heterocycles. The summed E-state index contributed by atoms with van der Waals surface area (Å²) in [5, 5.41) is 2.21. The maximum Gasteiger partial charge on any atom is 0.276 e. The van der Waals surface area contributed by atoms with Crippen LogP contribution in [0, 0.1) is 0 Å². The summed E-state index contributed by atoms with van der Waals surface area (Å²) in [5.74, 6) is -1.08. The number of amides is 2. The molecular formula is C12H9N3O2. The van der Waals surface area contributed by atoms with E-state index in [2.05, 4.69) is 15.3 Å². The first-order valence-corrected chi connectivity index (χ1v) is 4.95. The molecule has 0 radical (unpaired) electrons. The quantitative estimate of drug-likeness (QED) is 0.778. The van der Waals surface area contributed by atoms with Crippen molar-refractivity contribution in [3.05, 3.63) is 60.2 Å². The summed E-state index contributed by atoms with van der Waals surface area (Å²) in [6.07, 6.45) is 2.97. The van der Waals surface area contributed by atoms with Crippen LogP contribution in [0.25, 0.3) is 0 Å². The van der Waals surface area contributed by atoms with Crippen molar-refractivity contribution in [2.24, 2.45) is 0 Å². The molecule has 0 unspecified atom stereocenters. The minimum atomic E-state index is -0.541. The van der Waals surface area contributed by atoms with Crippen molar-refractivity contribution in [2.45, 2.75) is 0 Å². The van der Waals surface area contributed by atoms with Gasteiger partial charge in [-0.05, 0) is 24.3 Å². The molecule has 5 heteroatoms. The Morgan fingerprint density at radius 3 is 1.65 bits per heavy atom. The summed E-state index contributed by atoms with van der Waals surface area (Å²) in [5.41, 5.74) is 0.383. The second-order valence-electron chi connectivity index (χ2n) is 3.21. The second-order valence-corrected chi connectivity index (χ2v) is 3.21. The average Bonchev–Trinajstić information content (AvgIpc) is 2.40. The lowest BCUT2D eigenvalue weighted by Gasteiger charge is -2.02. The van der Waals surface area contributed by atoms with E-state index in [1.54, 1.807) is 24.3 Å². The maximum atomic E-state index is 11.6. The van der Waals surface area contributed by atoms with Crippen LogP contribution in [0.3, 0.4) is 0 Å². The van der Waals surface area contributed by atoms with Crippen molar-refractivity contribution < 1.29 is 9.59 Å². The molecule has 2 heterocycles. The van der Waals surface area contributed by atoms with Crippen molar-refractivity contribution >= 4 is 11.8 Å². The summed E-state index contributed by atoms with van der Waals surface area (Å²) in [7, 11) is 0. The Bertz CT molecular complexity index is 476. The molecule has 1 N–H and O–H groups in total. The molecule has 2 rings (SSSR count). The number of aromatic nitrogens is 2. The zero-order chi connectivity index (χ0) is 12.1. The first-order valence-electron chi connectivity index (χ1n) is 4.95. The van der Waals surface area contributed by atoms with E-state index in [1.165, 1.54) is 24.5 Å². The van der Waals surface area contributed by atoms with E-state index in [-0.39, 0.29) is 11.4 Å². The number of nitrogens with one attached hydrogen (secondary N) is 1. The SMILES string of the molecule is O=C(NC(=O)c1ccccn1)c1ccccn1. The number of imide groups is 1. The molecular weight excluding hydrogens is 218 g/mol. The van der Waals surface area contributed by atoms with Gasteiger partial charge in [0.2, 0.25) is 0 Å². The van der Waals surface area contributed by atoms with Crippen molar-refractivity contribution in [3.8, 4) is 0 Å². The number of pyridine rings is 2. The van der Waals surface area contributed by atoms with Crippen LogP contribution in [-0.4, -0.2) is 21.8 Å². The first-order chi connectivity index (χ1) is 8.27. The Hall–Kier alpha value is -2.56. The third-order valence-electron chi connectivity index (χ3n) is 2.02. The van der Waals surface area contributed by atoms with Gasteiger partial charge in [0.25, 0.3) is 11.8 Å². The van der Waals surface area contributed by atoms with Gasteiger partial charge in [-0.2, -0.15) is 0 Å². The maximum absolute atomic E-state index is 11.6. The minimum Gasteiger partial charge on any atom is -0.285 e. The van der Waals surface area contributed by atoms with Crippen molar-refractivity contribution in [2.75, 3.05) is 0 Å². The Kier molecular flexibility index (Phi) is 3.20. The van der Waals surface area contributed by atoms with E-state index < -0.39 is 11.8 Å². The molecule has 0 spiro atoms. The fourth-order valence-corrected chi connectivity index (χ4v) is 1.23. The smallest absolute Gasteiger partial charge is 0.276 e. The molecule has 5 nitrogen and oxygen atoms in total. The summed E-state index contributed by atoms with van der Waals surface area (Å²) in [6, 6.07) is 9.79. The summed E-state index contributed by atoms with van der Waals surface area (Å²) in [6.45, 7) is 0. The van der Waals surface area contributed by atoms with E-state index in [0.29, 0.717) is 0 Å². The molecule has 0 aliphatic carbocycles. The Balaban J connectivity index is 2.08. The van der Waals surface area contributed by atoms with Gasteiger partial charge >= 0.3 is 0 Å². The van der Waals surface area contributed by atoms with Gasteiger partial charge in [0.1, 0.15) is 11.4 Å². The molecule has 17 heavy (non-hydrogen) atoms. The highest BCUT2D eigenvalue weighted by Gasteiger charge is 2.13. The van der Waals surface area contributed by atoms with Gasteiger partial charge in [-0.15, -0.1) is 0 Å². The molecule has 0 saturated carbocycles. The van der Waals surface area contributed by atoms with E-state index >= 15 is 0 Å². The molecule has 0 fully saturated rings. The van der Waals surface area contributed by atoms with Gasteiger partial charge < -0.3 is 0 Å². The predicted molar refractivity (Wildman–Crippen MR) is 60.3 cm³/mol. The third-order valence-corrected chi connectivity index (χ3v) is 2.02. The third kappa shape index (κ3) is 2.72. The van der Waals surface area contributed by atoms with E-state index in [9.17, 15) is 9.59 Å². The highest BCUT2D eigenvalue weighted by molar-refractivity contribution is 6.08. The molecule has 2 aromatic heterocycles. The lowest BCUT2D eigenvalue weighted by atomic mass is 10.3. The summed E-state index contributed by atoms with van der Waals surface area (Å²) < 4.78 is 0. The molecule has 2 aromatic rings. The fourth-order valence-electron chi connectivity index (χ4n) is 1.23. The largest absolute Gasteiger partial charge is 0.285 e. The standard InChI is InChI=1S/C12H9N3O2/c16-11(9-5-1-3-7-13-9)15-12(17)10-6-2-4-8-14-10/h1-8H,(H,15,16,17). The van der Waals surface area contributed by atoms with Crippen molar-refractivity contribution in [1.82, 2.24) is 15.3 Å². The minimum absolute atomic E-state index is 0.191. The number of carbonyl (C=O) groups is 2. The van der Waals surface area contributed by atoms with Gasteiger partial charge in [0.15, 0.2) is 0 Å². The summed E-state index contributed by atoms with van der Waals surface area (Å²) in [4.78, 5) is 30.9. The number of hydrogen-bond donors (Lipinski definition) is 1. The van der Waals surface area contributed by atoms with Gasteiger partial charge in [-0.3, -0.25) is 24.9 Å². The predicted octanol–water partition coefficient (Wildman–Crippen LogP) is 1.05. The van der Waals surface area contributed by atoms with Crippen LogP contribution in [0.1, 0.15) is 21.0 Å². The van der Waals surface area contributed by atoms with Gasteiger partial charge in [0.05, 0.1) is 0 Å². The van der Waals surface area contributed by atoms with E-state index in [0.717, 1.165) is 0 Å². The number of hydrogen-bond acceptors (Lipinski definition) is 4. The second kappa shape index (κ2) is 4.98. The average molecular weight is 227 g/mol. The van der Waals surface area contributed by atoms with Gasteiger partial charge in [0, 0.05) is 12.4 Å². The number of rotatable bonds is 2. The van der Waals surface area contributed by atoms with E-state index in [1.807, 2.05) is 0 Å². The van der Waals surface area contributed by atoms with Crippen LogP contribution in [0.2, 0.25) is 0 Å². The van der Waals surface area contributed by atoms with Crippen molar-refractivity contribution in [1.29, 1.82) is 0 Å². The first kappa shape index (κ1) is 10.9. The lowest BCUT2D eigenvalue weighted by molar-refractivity contribution is 0.0843. The molecule has 0 bridgehead atoms. The molecule has 2 amide bonds. The van der Waals surface area contributed by atoms with Crippen LogP contribution in [0.5, 0.6) is 0 Å². The fraction of sp³-hybridized carbons (Fsp3) is 0. The number of nitrogens with zero attached hydrogens (tertiary/aromatic N) is 2. The zero-order valence-electron chi connectivity index (χ0n) is 8.83. The Morgan fingerprint density at radius 2 is 1.29 bits per heavy atom. The van der Waals surface area contributed by atoms with Crippen LogP contribution in [0.15, 0.2) is 48.8 Å². The summed E-state index contributed by atoms with van der Waals surface area (Å²) >= 11 is 0. The topological polar surface area (TPSA) is 72.0 Å². The molecule has 0 atom stereocenters. The van der Waals surface area contributed by atoms with Gasteiger partial charge in [-0.1, -0.05) is 12.1 Å². The molecule has 0 saturated heterocycles. The zero-order valence-corrected chi connectivity index (χ0v) is 8.83. The molecule has 0 aromatic carbocycles. The highest BCUT2D eigenvalue weighted by atomic mass is 16.2. The highest BCUT2D eigenvalue weighted by Crippen LogP contribution is 1.96. The molecule has 0 aliphatic rings. The Morgan fingerprint density at radius 1 is 0.824 bits per heavy atom.